The number of anilines is 1. The summed E-state index contributed by atoms with van der Waals surface area (Å²) in [7, 11) is 0. The molecular formula is C12H15FN2O2. The molecule has 0 heterocycles. The van der Waals surface area contributed by atoms with Crippen LogP contribution in [0.2, 0.25) is 0 Å². The van der Waals surface area contributed by atoms with Gasteiger partial charge in [0.1, 0.15) is 11.5 Å². The number of halogens is 1. The standard InChI is InChI=1S/C12H15FN2O2/c1-2-12(6-3-7-12)14-10-8-9(13)4-5-11(10)15(16)17/h4-5,8,14H,2-3,6-7H2,1H3. The highest BCUT2D eigenvalue weighted by Gasteiger charge is 2.36. The third-order valence-corrected chi connectivity index (χ3v) is 3.54. The fraction of sp³-hybridized carbons (Fsp3) is 0.500. The molecule has 0 aliphatic heterocycles. The Balaban J connectivity index is 2.30. The minimum atomic E-state index is -0.482. The smallest absolute Gasteiger partial charge is 0.292 e. The quantitative estimate of drug-likeness (QED) is 0.645. The molecule has 1 saturated carbocycles. The van der Waals surface area contributed by atoms with Gasteiger partial charge in [-0.05, 0) is 31.7 Å². The van der Waals surface area contributed by atoms with Crippen LogP contribution < -0.4 is 5.32 Å². The Morgan fingerprint density at radius 2 is 2.24 bits per heavy atom. The molecule has 1 fully saturated rings. The number of rotatable bonds is 4. The van der Waals surface area contributed by atoms with Gasteiger partial charge < -0.3 is 5.32 Å². The van der Waals surface area contributed by atoms with Gasteiger partial charge in [0.15, 0.2) is 0 Å². The van der Waals surface area contributed by atoms with E-state index in [-0.39, 0.29) is 16.9 Å². The van der Waals surface area contributed by atoms with E-state index in [9.17, 15) is 14.5 Å². The first-order valence-corrected chi connectivity index (χ1v) is 5.78. The largest absolute Gasteiger partial charge is 0.374 e. The van der Waals surface area contributed by atoms with E-state index < -0.39 is 10.7 Å². The summed E-state index contributed by atoms with van der Waals surface area (Å²) in [6.45, 7) is 2.04. The molecule has 0 spiro atoms. The maximum absolute atomic E-state index is 13.1. The second-order valence-electron chi connectivity index (χ2n) is 4.53. The first-order valence-electron chi connectivity index (χ1n) is 5.78. The molecule has 4 nitrogen and oxygen atoms in total. The van der Waals surface area contributed by atoms with Crippen molar-refractivity contribution in [2.24, 2.45) is 0 Å². The van der Waals surface area contributed by atoms with E-state index in [0.29, 0.717) is 0 Å². The number of nitrogens with zero attached hydrogens (tertiary/aromatic N) is 1. The van der Waals surface area contributed by atoms with E-state index >= 15 is 0 Å². The molecule has 1 aliphatic rings. The number of nitro groups is 1. The number of nitrogens with one attached hydrogen (secondary N) is 1. The van der Waals surface area contributed by atoms with E-state index in [1.165, 1.54) is 12.1 Å². The summed E-state index contributed by atoms with van der Waals surface area (Å²) >= 11 is 0. The van der Waals surface area contributed by atoms with E-state index in [4.69, 9.17) is 0 Å². The highest BCUT2D eigenvalue weighted by Crippen LogP contribution is 2.40. The van der Waals surface area contributed by atoms with Crippen molar-refractivity contribution in [3.8, 4) is 0 Å². The van der Waals surface area contributed by atoms with E-state index in [0.717, 1.165) is 31.7 Å². The van der Waals surface area contributed by atoms with Crippen LogP contribution in [0.15, 0.2) is 18.2 Å². The van der Waals surface area contributed by atoms with Crippen molar-refractivity contribution in [2.75, 3.05) is 5.32 Å². The predicted octanol–water partition coefficient (Wildman–Crippen LogP) is 3.48. The highest BCUT2D eigenvalue weighted by molar-refractivity contribution is 5.63. The Morgan fingerprint density at radius 1 is 1.53 bits per heavy atom. The maximum atomic E-state index is 13.1. The number of nitro benzene ring substituents is 1. The normalized spacial score (nSPS) is 17.3. The average Bonchev–Trinajstić information content (AvgIpc) is 2.23. The lowest BCUT2D eigenvalue weighted by atomic mass is 9.74. The summed E-state index contributed by atoms with van der Waals surface area (Å²) in [4.78, 5) is 10.4. The number of hydrogen-bond donors (Lipinski definition) is 1. The lowest BCUT2D eigenvalue weighted by Gasteiger charge is -2.42. The minimum absolute atomic E-state index is 0.0638. The van der Waals surface area contributed by atoms with Crippen molar-refractivity contribution < 1.29 is 9.31 Å². The Bertz CT molecular complexity index is 439. The zero-order chi connectivity index (χ0) is 12.5. The van der Waals surface area contributed by atoms with Crippen LogP contribution in [0.5, 0.6) is 0 Å². The molecule has 17 heavy (non-hydrogen) atoms. The lowest BCUT2D eigenvalue weighted by molar-refractivity contribution is -0.384. The van der Waals surface area contributed by atoms with Gasteiger partial charge in [0.05, 0.1) is 4.92 Å². The number of benzene rings is 1. The molecule has 0 amide bonds. The SMILES string of the molecule is CCC1(Nc2cc(F)ccc2[N+](=O)[O-])CCC1. The molecule has 1 aromatic carbocycles. The molecule has 5 heteroatoms. The van der Waals surface area contributed by atoms with Gasteiger partial charge in [0.2, 0.25) is 0 Å². The monoisotopic (exact) mass is 238 g/mol. The van der Waals surface area contributed by atoms with Crippen molar-refractivity contribution in [3.05, 3.63) is 34.1 Å². The van der Waals surface area contributed by atoms with Gasteiger partial charge in [0, 0.05) is 17.7 Å². The molecule has 0 bridgehead atoms. The van der Waals surface area contributed by atoms with Crippen LogP contribution in [-0.4, -0.2) is 10.5 Å². The van der Waals surface area contributed by atoms with Gasteiger partial charge in [-0.2, -0.15) is 0 Å². The summed E-state index contributed by atoms with van der Waals surface area (Å²) in [6, 6.07) is 3.52. The van der Waals surface area contributed by atoms with Crippen LogP contribution >= 0.6 is 0 Å². The fourth-order valence-corrected chi connectivity index (χ4v) is 2.22. The van der Waals surface area contributed by atoms with Gasteiger partial charge in [-0.15, -0.1) is 0 Å². The average molecular weight is 238 g/mol. The van der Waals surface area contributed by atoms with Crippen LogP contribution in [0.1, 0.15) is 32.6 Å². The van der Waals surface area contributed by atoms with Crippen molar-refractivity contribution in [3.63, 3.8) is 0 Å². The Kier molecular flexibility index (Phi) is 3.00. The van der Waals surface area contributed by atoms with Gasteiger partial charge in [0.25, 0.3) is 5.69 Å². The van der Waals surface area contributed by atoms with Crippen LogP contribution in [-0.2, 0) is 0 Å². The van der Waals surface area contributed by atoms with E-state index in [1.54, 1.807) is 0 Å². The molecule has 0 radical (unpaired) electrons. The van der Waals surface area contributed by atoms with E-state index in [1.807, 2.05) is 6.92 Å². The van der Waals surface area contributed by atoms with Crippen LogP contribution in [0.25, 0.3) is 0 Å². The molecule has 0 atom stereocenters. The second-order valence-corrected chi connectivity index (χ2v) is 4.53. The minimum Gasteiger partial charge on any atom is -0.374 e. The van der Waals surface area contributed by atoms with E-state index in [2.05, 4.69) is 5.32 Å². The molecule has 0 saturated heterocycles. The first-order chi connectivity index (χ1) is 8.06. The number of hydrogen-bond acceptors (Lipinski definition) is 3. The summed E-state index contributed by atoms with van der Waals surface area (Å²) in [6.07, 6.45) is 3.97. The van der Waals surface area contributed by atoms with Crippen molar-refractivity contribution in [1.82, 2.24) is 0 Å². The summed E-state index contributed by atoms with van der Waals surface area (Å²) in [5, 5.41) is 14.0. The highest BCUT2D eigenvalue weighted by atomic mass is 19.1. The predicted molar refractivity (Wildman–Crippen MR) is 63.6 cm³/mol. The van der Waals surface area contributed by atoms with Crippen molar-refractivity contribution in [1.29, 1.82) is 0 Å². The first kappa shape index (κ1) is 11.8. The maximum Gasteiger partial charge on any atom is 0.292 e. The van der Waals surface area contributed by atoms with Gasteiger partial charge in [-0.1, -0.05) is 6.92 Å². The Morgan fingerprint density at radius 3 is 2.71 bits per heavy atom. The molecule has 2 rings (SSSR count). The van der Waals surface area contributed by atoms with Crippen molar-refractivity contribution >= 4 is 11.4 Å². The topological polar surface area (TPSA) is 55.2 Å². The molecule has 1 N–H and O–H groups in total. The summed E-state index contributed by atoms with van der Waals surface area (Å²) < 4.78 is 13.1. The second kappa shape index (κ2) is 4.31. The van der Waals surface area contributed by atoms with Crippen LogP contribution in [0.3, 0.4) is 0 Å². The van der Waals surface area contributed by atoms with Gasteiger partial charge >= 0.3 is 0 Å². The fourth-order valence-electron chi connectivity index (χ4n) is 2.22. The third-order valence-electron chi connectivity index (χ3n) is 3.54. The Labute approximate surface area is 99.0 Å². The Hall–Kier alpha value is -1.65. The zero-order valence-electron chi connectivity index (χ0n) is 9.70. The molecule has 1 aliphatic carbocycles. The lowest BCUT2D eigenvalue weighted by Crippen LogP contribution is -2.44. The van der Waals surface area contributed by atoms with Gasteiger partial charge in [-0.3, -0.25) is 10.1 Å². The molecule has 0 aromatic heterocycles. The van der Waals surface area contributed by atoms with Crippen LogP contribution in [0, 0.1) is 15.9 Å². The molecular weight excluding hydrogens is 223 g/mol. The summed E-state index contributed by atoms with van der Waals surface area (Å²) in [5.41, 5.74) is 0.140. The third kappa shape index (κ3) is 2.23. The molecule has 0 unspecified atom stereocenters. The molecule has 92 valence electrons. The van der Waals surface area contributed by atoms with Gasteiger partial charge in [-0.25, -0.2) is 4.39 Å². The van der Waals surface area contributed by atoms with Crippen LogP contribution in [0.4, 0.5) is 15.8 Å². The zero-order valence-corrected chi connectivity index (χ0v) is 9.70. The molecule has 1 aromatic rings. The van der Waals surface area contributed by atoms with Crippen molar-refractivity contribution in [2.45, 2.75) is 38.1 Å². The summed E-state index contributed by atoms with van der Waals surface area (Å²) in [5.74, 6) is -0.455.